The molecule has 23 heavy (non-hydrogen) atoms. The highest BCUT2D eigenvalue weighted by molar-refractivity contribution is 5.76. The Morgan fingerprint density at radius 2 is 1.91 bits per heavy atom. The number of amides is 1. The van der Waals surface area contributed by atoms with Crippen LogP contribution < -0.4 is 5.56 Å². The van der Waals surface area contributed by atoms with Gasteiger partial charge in [-0.25, -0.2) is 4.98 Å². The van der Waals surface area contributed by atoms with E-state index in [0.29, 0.717) is 29.9 Å². The number of nitrogens with zero attached hydrogens (tertiary/aromatic N) is 2. The molecule has 0 bridgehead atoms. The lowest BCUT2D eigenvalue weighted by atomic mass is 10.1. The second-order valence-corrected chi connectivity index (χ2v) is 5.81. The molecule has 0 aliphatic rings. The molecule has 0 aliphatic heterocycles. The maximum Gasteiger partial charge on any atom is 0.254 e. The van der Waals surface area contributed by atoms with Crippen molar-refractivity contribution in [2.45, 2.75) is 39.7 Å². The van der Waals surface area contributed by atoms with Gasteiger partial charge in [0.2, 0.25) is 5.91 Å². The molecule has 1 aromatic heterocycles. The number of aromatic nitrogens is 2. The Balaban J connectivity index is 2.04. The first-order valence-electron chi connectivity index (χ1n) is 7.77. The van der Waals surface area contributed by atoms with Crippen LogP contribution in [0.3, 0.4) is 0 Å². The lowest BCUT2D eigenvalue weighted by Gasteiger charge is -2.25. The maximum atomic E-state index is 12.4. The largest absolute Gasteiger partial charge is 0.339 e. The molecule has 1 heterocycles. The van der Waals surface area contributed by atoms with Crippen molar-refractivity contribution in [3.63, 3.8) is 0 Å². The fourth-order valence-corrected chi connectivity index (χ4v) is 2.62. The van der Waals surface area contributed by atoms with Gasteiger partial charge >= 0.3 is 0 Å². The third kappa shape index (κ3) is 4.06. The van der Waals surface area contributed by atoms with Crippen molar-refractivity contribution in [1.29, 1.82) is 0 Å². The van der Waals surface area contributed by atoms with Crippen molar-refractivity contribution >= 4 is 5.91 Å². The normalized spacial score (nSPS) is 12.0. The van der Waals surface area contributed by atoms with Gasteiger partial charge < -0.3 is 9.88 Å². The average molecular weight is 313 g/mol. The third-order valence-corrected chi connectivity index (χ3v) is 4.19. The Labute approximate surface area is 136 Å². The first-order valence-corrected chi connectivity index (χ1v) is 7.77. The number of rotatable bonds is 5. The van der Waals surface area contributed by atoms with Crippen molar-refractivity contribution in [3.8, 4) is 0 Å². The molecule has 0 fully saturated rings. The summed E-state index contributed by atoms with van der Waals surface area (Å²) in [7, 11) is 1.80. The number of H-pyrrole nitrogens is 1. The number of aromatic amines is 1. The Morgan fingerprint density at radius 1 is 1.26 bits per heavy atom. The second kappa shape index (κ2) is 7.22. The minimum Gasteiger partial charge on any atom is -0.339 e. The second-order valence-electron chi connectivity index (χ2n) is 5.81. The molecule has 122 valence electrons. The number of carbonyl (C=O) groups excluding carboxylic acids is 1. The number of carbonyl (C=O) groups is 1. The molecule has 0 radical (unpaired) electrons. The van der Waals surface area contributed by atoms with Crippen LogP contribution >= 0.6 is 0 Å². The Morgan fingerprint density at radius 3 is 2.52 bits per heavy atom. The third-order valence-electron chi connectivity index (χ3n) is 4.19. The summed E-state index contributed by atoms with van der Waals surface area (Å²) < 4.78 is 0. The zero-order valence-corrected chi connectivity index (χ0v) is 14.1. The van der Waals surface area contributed by atoms with E-state index < -0.39 is 0 Å². The molecule has 1 N–H and O–H groups in total. The number of benzene rings is 1. The highest BCUT2D eigenvalue weighted by Gasteiger charge is 2.18. The van der Waals surface area contributed by atoms with E-state index in [0.717, 1.165) is 5.56 Å². The molecule has 5 heteroatoms. The van der Waals surface area contributed by atoms with Crippen LogP contribution in [0, 0.1) is 13.8 Å². The molecule has 1 atom stereocenters. The molecule has 2 rings (SSSR count). The highest BCUT2D eigenvalue weighted by atomic mass is 16.2. The van der Waals surface area contributed by atoms with Crippen LogP contribution in [0.4, 0.5) is 0 Å². The quantitative estimate of drug-likeness (QED) is 0.922. The molecule has 2 aromatic rings. The van der Waals surface area contributed by atoms with Crippen molar-refractivity contribution in [1.82, 2.24) is 14.9 Å². The summed E-state index contributed by atoms with van der Waals surface area (Å²) >= 11 is 0. The highest BCUT2D eigenvalue weighted by Crippen LogP contribution is 2.19. The molecule has 0 spiro atoms. The van der Waals surface area contributed by atoms with Crippen LogP contribution in [0.2, 0.25) is 0 Å². The average Bonchev–Trinajstić information content (AvgIpc) is 2.53. The molecule has 5 nitrogen and oxygen atoms in total. The summed E-state index contributed by atoms with van der Waals surface area (Å²) in [6, 6.07) is 9.90. The van der Waals surface area contributed by atoms with E-state index in [2.05, 4.69) is 9.97 Å². The molecule has 1 amide bonds. The number of nitrogens with one attached hydrogen (secondary N) is 1. The van der Waals surface area contributed by atoms with E-state index in [1.165, 1.54) is 0 Å². The van der Waals surface area contributed by atoms with Crippen molar-refractivity contribution in [2.75, 3.05) is 7.05 Å². The van der Waals surface area contributed by atoms with E-state index >= 15 is 0 Å². The summed E-state index contributed by atoms with van der Waals surface area (Å²) in [5.74, 6) is 0.609. The monoisotopic (exact) mass is 313 g/mol. The van der Waals surface area contributed by atoms with Gasteiger partial charge in [0.05, 0.1) is 6.04 Å². The summed E-state index contributed by atoms with van der Waals surface area (Å²) in [6.45, 7) is 5.55. The fraction of sp³-hybridized carbons (Fsp3) is 0.389. The summed E-state index contributed by atoms with van der Waals surface area (Å²) in [4.78, 5) is 33.1. The van der Waals surface area contributed by atoms with Gasteiger partial charge in [0.1, 0.15) is 5.82 Å². The standard InChI is InChI=1S/C18H23N3O2/c1-12-16(18(23)20-14(3)19-12)10-11-17(22)21(4)13(2)15-8-6-5-7-9-15/h5-9,13H,10-11H2,1-4H3,(H,19,20,23). The van der Waals surface area contributed by atoms with Crippen LogP contribution in [0.1, 0.15) is 42.0 Å². The Bertz CT molecular complexity index is 738. The molecule has 1 unspecified atom stereocenters. The van der Waals surface area contributed by atoms with Gasteiger partial charge in [-0.1, -0.05) is 30.3 Å². The van der Waals surface area contributed by atoms with Crippen molar-refractivity contribution in [3.05, 3.63) is 63.3 Å². The van der Waals surface area contributed by atoms with E-state index in [-0.39, 0.29) is 17.5 Å². The summed E-state index contributed by atoms with van der Waals surface area (Å²) in [6.07, 6.45) is 0.696. The predicted octanol–water partition coefficient (Wildman–Crippen LogP) is 2.54. The van der Waals surface area contributed by atoms with Crippen LogP contribution in [-0.4, -0.2) is 27.8 Å². The van der Waals surface area contributed by atoms with Gasteiger partial charge in [-0.3, -0.25) is 9.59 Å². The fourth-order valence-electron chi connectivity index (χ4n) is 2.62. The molecule has 0 aliphatic carbocycles. The van der Waals surface area contributed by atoms with E-state index in [1.807, 2.05) is 37.3 Å². The van der Waals surface area contributed by atoms with Gasteiger partial charge in [0.25, 0.3) is 5.56 Å². The van der Waals surface area contributed by atoms with Crippen molar-refractivity contribution < 1.29 is 4.79 Å². The van der Waals surface area contributed by atoms with Gasteiger partial charge in [0.15, 0.2) is 0 Å². The van der Waals surface area contributed by atoms with Crippen LogP contribution in [0.15, 0.2) is 35.1 Å². The molecule has 0 saturated carbocycles. The van der Waals surface area contributed by atoms with Crippen LogP contribution in [0.25, 0.3) is 0 Å². The number of hydrogen-bond donors (Lipinski definition) is 1. The zero-order chi connectivity index (χ0) is 17.0. The predicted molar refractivity (Wildman–Crippen MR) is 90.3 cm³/mol. The minimum absolute atomic E-state index is 0.000718. The van der Waals surface area contributed by atoms with Gasteiger partial charge in [0, 0.05) is 24.7 Å². The molecular weight excluding hydrogens is 290 g/mol. The lowest BCUT2D eigenvalue weighted by molar-refractivity contribution is -0.131. The van der Waals surface area contributed by atoms with E-state index in [1.54, 1.807) is 25.8 Å². The molecule has 0 saturated heterocycles. The number of hydrogen-bond acceptors (Lipinski definition) is 3. The SMILES string of the molecule is Cc1nc(C)c(CCC(=O)N(C)C(C)c2ccccc2)c(=O)[nH]1. The molecule has 1 aromatic carbocycles. The Kier molecular flexibility index (Phi) is 5.32. The van der Waals surface area contributed by atoms with Crippen molar-refractivity contribution in [2.24, 2.45) is 0 Å². The van der Waals surface area contributed by atoms with Crippen LogP contribution in [-0.2, 0) is 11.2 Å². The van der Waals surface area contributed by atoms with Gasteiger partial charge in [-0.15, -0.1) is 0 Å². The smallest absolute Gasteiger partial charge is 0.254 e. The summed E-state index contributed by atoms with van der Waals surface area (Å²) in [5.41, 5.74) is 2.22. The topological polar surface area (TPSA) is 66.1 Å². The van der Waals surface area contributed by atoms with Gasteiger partial charge in [-0.05, 0) is 32.8 Å². The van der Waals surface area contributed by atoms with Gasteiger partial charge in [-0.2, -0.15) is 0 Å². The zero-order valence-electron chi connectivity index (χ0n) is 14.1. The first kappa shape index (κ1) is 16.9. The lowest BCUT2D eigenvalue weighted by Crippen LogP contribution is -2.30. The van der Waals surface area contributed by atoms with E-state index in [4.69, 9.17) is 0 Å². The Hall–Kier alpha value is -2.43. The molecular formula is C18H23N3O2. The minimum atomic E-state index is -0.151. The first-order chi connectivity index (χ1) is 10.9. The number of aryl methyl sites for hydroxylation is 2. The maximum absolute atomic E-state index is 12.4. The van der Waals surface area contributed by atoms with Crippen LogP contribution in [0.5, 0.6) is 0 Å². The summed E-state index contributed by atoms with van der Waals surface area (Å²) in [5, 5.41) is 0. The van der Waals surface area contributed by atoms with E-state index in [9.17, 15) is 9.59 Å².